The van der Waals surface area contributed by atoms with Crippen molar-refractivity contribution >= 4 is 5.97 Å². The van der Waals surface area contributed by atoms with Crippen LogP contribution in [0.15, 0.2) is 30.3 Å². The smallest absolute Gasteiger partial charge is 0.344 e. The third-order valence-electron chi connectivity index (χ3n) is 8.77. The zero-order chi connectivity index (χ0) is 35.1. The van der Waals surface area contributed by atoms with Crippen LogP contribution in [-0.2, 0) is 36.5 Å². The zero-order valence-electron chi connectivity index (χ0n) is 31.6. The highest BCUT2D eigenvalue weighted by Crippen LogP contribution is 2.46. The summed E-state index contributed by atoms with van der Waals surface area (Å²) in [5.41, 5.74) is 7.97. The van der Waals surface area contributed by atoms with Crippen LogP contribution in [0, 0.1) is 0 Å². The maximum absolute atomic E-state index is 15.0. The Morgan fingerprint density at radius 3 is 1.53 bits per heavy atom. The van der Waals surface area contributed by atoms with Gasteiger partial charge < -0.3 is 18.9 Å². The average molecular weight is 645 g/mol. The summed E-state index contributed by atoms with van der Waals surface area (Å²) >= 11 is 0. The van der Waals surface area contributed by atoms with E-state index in [-0.39, 0.29) is 16.8 Å². The zero-order valence-corrected chi connectivity index (χ0v) is 31.6. The van der Waals surface area contributed by atoms with E-state index in [2.05, 4.69) is 87.4 Å². The molecular formula is C42H60O5. The van der Waals surface area contributed by atoms with Gasteiger partial charge in [-0.3, -0.25) is 0 Å². The third-order valence-corrected chi connectivity index (χ3v) is 8.77. The van der Waals surface area contributed by atoms with Gasteiger partial charge in [-0.25, -0.2) is 4.79 Å². The van der Waals surface area contributed by atoms with Crippen LogP contribution in [0.25, 0.3) is 11.1 Å². The molecule has 3 rings (SSSR count). The Labute approximate surface area is 285 Å². The van der Waals surface area contributed by atoms with Crippen molar-refractivity contribution in [2.24, 2.45) is 0 Å². The molecule has 3 aromatic rings. The van der Waals surface area contributed by atoms with Gasteiger partial charge in [-0.2, -0.15) is 0 Å². The summed E-state index contributed by atoms with van der Waals surface area (Å²) in [6.07, 6.45) is 7.18. The molecule has 0 atom stereocenters. The molecule has 0 N–H and O–H groups in total. The molecule has 0 unspecified atom stereocenters. The minimum absolute atomic E-state index is 0.311. The molecule has 0 heterocycles. The molecule has 0 saturated heterocycles. The van der Waals surface area contributed by atoms with Gasteiger partial charge in [0, 0.05) is 27.8 Å². The van der Waals surface area contributed by atoms with E-state index in [1.165, 1.54) is 11.1 Å². The van der Waals surface area contributed by atoms with Gasteiger partial charge in [-0.15, -0.1) is 0 Å². The molecule has 3 aromatic carbocycles. The summed E-state index contributed by atoms with van der Waals surface area (Å²) in [6, 6.07) is 10.7. The number of carbonyl (C=O) groups excluding carboxylic acids is 1. The van der Waals surface area contributed by atoms with Crippen molar-refractivity contribution in [2.45, 2.75) is 131 Å². The molecule has 0 spiro atoms. The maximum atomic E-state index is 15.0. The first-order valence-corrected chi connectivity index (χ1v) is 17.6. The lowest BCUT2D eigenvalue weighted by Crippen LogP contribution is -2.23. The molecule has 47 heavy (non-hydrogen) atoms. The normalized spacial score (nSPS) is 11.9. The van der Waals surface area contributed by atoms with Crippen molar-refractivity contribution in [3.8, 4) is 34.1 Å². The van der Waals surface area contributed by atoms with Crippen molar-refractivity contribution < 1.29 is 23.7 Å². The van der Waals surface area contributed by atoms with E-state index < -0.39 is 0 Å². The Kier molecular flexibility index (Phi) is 13.0. The molecule has 0 saturated carbocycles. The standard InChI is InChI=1S/C42H60O5/c1-14-18-27-22-28(19-15-2)38(46-13)33(23-27)32-24-29(20-16-3)37(45-12)31(21-17-4)36(32)40(43)47-39-34(41(5,6)7)25-30(44-11)26-35(39)42(8,9)10/h22-26H,14-21H2,1-13H3. The first-order chi connectivity index (χ1) is 22.2. The van der Waals surface area contributed by atoms with Gasteiger partial charge >= 0.3 is 5.97 Å². The first kappa shape index (κ1) is 38.0. The van der Waals surface area contributed by atoms with Crippen molar-refractivity contribution in [1.29, 1.82) is 0 Å². The predicted molar refractivity (Wildman–Crippen MR) is 196 cm³/mol. The summed E-state index contributed by atoms with van der Waals surface area (Å²) in [5.74, 6) is 2.57. The van der Waals surface area contributed by atoms with Gasteiger partial charge in [0.1, 0.15) is 23.0 Å². The lowest BCUT2D eigenvalue weighted by molar-refractivity contribution is 0.0727. The van der Waals surface area contributed by atoms with E-state index in [4.69, 9.17) is 18.9 Å². The van der Waals surface area contributed by atoms with Crippen LogP contribution >= 0.6 is 0 Å². The highest BCUT2D eigenvalue weighted by Gasteiger charge is 2.33. The van der Waals surface area contributed by atoms with E-state index >= 15 is 4.79 Å². The predicted octanol–water partition coefficient (Wildman–Crippen LogP) is 11.0. The van der Waals surface area contributed by atoms with Gasteiger partial charge in [0.2, 0.25) is 0 Å². The SMILES string of the molecule is CCCc1cc(CCC)c(OC)c(-c2cc(CCC)c(OC)c(CCC)c2C(=O)Oc2c(C(C)(C)C)cc(OC)cc2C(C)(C)C)c1. The fourth-order valence-corrected chi connectivity index (χ4v) is 6.60. The molecule has 0 bridgehead atoms. The molecule has 0 aliphatic carbocycles. The van der Waals surface area contributed by atoms with Gasteiger partial charge in [0.15, 0.2) is 0 Å². The van der Waals surface area contributed by atoms with Crippen molar-refractivity contribution in [2.75, 3.05) is 21.3 Å². The van der Waals surface area contributed by atoms with E-state index in [0.717, 1.165) is 95.6 Å². The molecular weight excluding hydrogens is 584 g/mol. The monoisotopic (exact) mass is 644 g/mol. The molecule has 0 amide bonds. The molecule has 5 nitrogen and oxygen atoms in total. The van der Waals surface area contributed by atoms with Gasteiger partial charge in [-0.1, -0.05) is 101 Å². The maximum Gasteiger partial charge on any atom is 0.344 e. The fourth-order valence-electron chi connectivity index (χ4n) is 6.60. The summed E-state index contributed by atoms with van der Waals surface area (Å²) in [5, 5.41) is 0. The number of carbonyl (C=O) groups is 1. The van der Waals surface area contributed by atoms with Gasteiger partial charge in [0.25, 0.3) is 0 Å². The van der Waals surface area contributed by atoms with Crippen LogP contribution in [0.5, 0.6) is 23.0 Å². The van der Waals surface area contributed by atoms with Crippen molar-refractivity contribution in [3.63, 3.8) is 0 Å². The second-order valence-electron chi connectivity index (χ2n) is 14.7. The topological polar surface area (TPSA) is 54.0 Å². The van der Waals surface area contributed by atoms with E-state index in [1.807, 2.05) is 12.1 Å². The van der Waals surface area contributed by atoms with Crippen molar-refractivity contribution in [1.82, 2.24) is 0 Å². The number of esters is 1. The number of benzene rings is 3. The summed E-state index contributed by atoms with van der Waals surface area (Å²) < 4.78 is 24.8. The van der Waals surface area contributed by atoms with Crippen molar-refractivity contribution in [3.05, 3.63) is 69.3 Å². The number of aryl methyl sites for hydroxylation is 3. The number of methoxy groups -OCH3 is 3. The summed E-state index contributed by atoms with van der Waals surface area (Å²) in [6.45, 7) is 21.5. The lowest BCUT2D eigenvalue weighted by atomic mass is 9.79. The Bertz CT molecular complexity index is 1500. The molecule has 5 heteroatoms. The largest absolute Gasteiger partial charge is 0.497 e. The molecule has 0 aliphatic heterocycles. The first-order valence-electron chi connectivity index (χ1n) is 17.6. The quantitative estimate of drug-likeness (QED) is 0.129. The lowest BCUT2D eigenvalue weighted by Gasteiger charge is -2.30. The van der Waals surface area contributed by atoms with E-state index in [0.29, 0.717) is 17.7 Å². The number of hydrogen-bond acceptors (Lipinski definition) is 5. The van der Waals surface area contributed by atoms with Crippen LogP contribution in [0.2, 0.25) is 0 Å². The van der Waals surface area contributed by atoms with Crippen LogP contribution in [0.4, 0.5) is 0 Å². The van der Waals surface area contributed by atoms with Gasteiger partial charge in [0.05, 0.1) is 26.9 Å². The Morgan fingerprint density at radius 1 is 0.574 bits per heavy atom. The van der Waals surface area contributed by atoms with Crippen LogP contribution in [0.3, 0.4) is 0 Å². The van der Waals surface area contributed by atoms with Crippen LogP contribution in [0.1, 0.15) is 139 Å². The Morgan fingerprint density at radius 2 is 1.09 bits per heavy atom. The number of ether oxygens (including phenoxy) is 4. The highest BCUT2D eigenvalue weighted by atomic mass is 16.5. The summed E-state index contributed by atoms with van der Waals surface area (Å²) in [4.78, 5) is 15.0. The van der Waals surface area contributed by atoms with E-state index in [9.17, 15) is 0 Å². The number of hydrogen-bond donors (Lipinski definition) is 0. The number of rotatable bonds is 14. The van der Waals surface area contributed by atoms with Crippen LogP contribution in [-0.4, -0.2) is 27.3 Å². The Hall–Kier alpha value is -3.47. The fraction of sp³-hybridized carbons (Fsp3) is 0.548. The molecule has 0 radical (unpaired) electrons. The van der Waals surface area contributed by atoms with Crippen LogP contribution < -0.4 is 18.9 Å². The molecule has 0 fully saturated rings. The minimum Gasteiger partial charge on any atom is -0.497 e. The third kappa shape index (κ3) is 8.52. The van der Waals surface area contributed by atoms with Gasteiger partial charge in [-0.05, 0) is 77.5 Å². The summed E-state index contributed by atoms with van der Waals surface area (Å²) in [7, 11) is 5.13. The average Bonchev–Trinajstić information content (AvgIpc) is 3.00. The second-order valence-corrected chi connectivity index (χ2v) is 14.7. The Balaban J connectivity index is 2.52. The van der Waals surface area contributed by atoms with E-state index in [1.54, 1.807) is 21.3 Å². The molecule has 258 valence electrons. The molecule has 0 aromatic heterocycles. The second kappa shape index (κ2) is 16.1. The highest BCUT2D eigenvalue weighted by molar-refractivity contribution is 6.02. The molecule has 0 aliphatic rings. The minimum atomic E-state index is -0.383.